The Bertz CT molecular complexity index is 508. The molecule has 2 heterocycles. The van der Waals surface area contributed by atoms with Crippen molar-refractivity contribution in [1.82, 2.24) is 15.1 Å². The van der Waals surface area contributed by atoms with E-state index in [1.54, 1.807) is 0 Å². The maximum absolute atomic E-state index is 12.5. The van der Waals surface area contributed by atoms with Crippen molar-refractivity contribution in [2.45, 2.75) is 58.0 Å². The molecule has 5 heteroatoms. The number of nitrogens with zero attached hydrogens (tertiary/aromatic N) is 2. The van der Waals surface area contributed by atoms with E-state index < -0.39 is 0 Å². The van der Waals surface area contributed by atoms with Crippen LogP contribution >= 0.6 is 0 Å². The monoisotopic (exact) mass is 276 g/mol. The summed E-state index contributed by atoms with van der Waals surface area (Å²) in [5.41, 5.74) is 2.76. The summed E-state index contributed by atoms with van der Waals surface area (Å²) in [6.07, 6.45) is 6.09. The first-order chi connectivity index (χ1) is 9.56. The van der Waals surface area contributed by atoms with E-state index in [9.17, 15) is 4.79 Å². The van der Waals surface area contributed by atoms with Gasteiger partial charge in [0.1, 0.15) is 0 Å². The Hall–Kier alpha value is -1.36. The fourth-order valence-electron chi connectivity index (χ4n) is 3.69. The average molecular weight is 276 g/mol. The number of amides is 1. The lowest BCUT2D eigenvalue weighted by Crippen LogP contribution is -2.40. The zero-order chi connectivity index (χ0) is 14.3. The highest BCUT2D eigenvalue weighted by Gasteiger charge is 2.38. The average Bonchev–Trinajstić information content (AvgIpc) is 2.95. The number of carbonyl (C=O) groups excluding carboxylic acids is 1. The minimum atomic E-state index is -0.0397. The molecule has 3 unspecified atom stereocenters. The normalized spacial score (nSPS) is 29.2. The van der Waals surface area contributed by atoms with Crippen LogP contribution in [0.2, 0.25) is 0 Å². The largest absolute Gasteiger partial charge is 0.322 e. The van der Waals surface area contributed by atoms with Gasteiger partial charge in [-0.25, -0.2) is 0 Å². The van der Waals surface area contributed by atoms with E-state index >= 15 is 0 Å². The number of anilines is 1. The van der Waals surface area contributed by atoms with E-state index in [1.807, 2.05) is 25.6 Å². The van der Waals surface area contributed by atoms with Crippen molar-refractivity contribution in [3.63, 3.8) is 0 Å². The van der Waals surface area contributed by atoms with Crippen LogP contribution in [0.1, 0.15) is 43.5 Å². The third-order valence-electron chi connectivity index (χ3n) is 4.94. The molecule has 2 aliphatic rings. The summed E-state index contributed by atoms with van der Waals surface area (Å²) in [6.45, 7) is 3.92. The molecule has 110 valence electrons. The van der Waals surface area contributed by atoms with Crippen molar-refractivity contribution in [1.29, 1.82) is 0 Å². The Labute approximate surface area is 120 Å². The Morgan fingerprint density at radius 3 is 2.75 bits per heavy atom. The summed E-state index contributed by atoms with van der Waals surface area (Å²) < 4.78 is 1.81. The molecule has 1 amide bonds. The third-order valence-corrected chi connectivity index (χ3v) is 4.94. The maximum atomic E-state index is 12.5. The summed E-state index contributed by atoms with van der Waals surface area (Å²) in [6, 6.07) is 0.512. The molecule has 0 aromatic carbocycles. The van der Waals surface area contributed by atoms with E-state index in [1.165, 1.54) is 25.7 Å². The first-order valence-corrected chi connectivity index (χ1v) is 7.63. The van der Waals surface area contributed by atoms with Crippen LogP contribution in [0, 0.1) is 19.8 Å². The topological polar surface area (TPSA) is 59.0 Å². The van der Waals surface area contributed by atoms with Crippen molar-refractivity contribution in [2.24, 2.45) is 13.0 Å². The van der Waals surface area contributed by atoms with Crippen LogP contribution in [0.5, 0.6) is 0 Å². The Morgan fingerprint density at radius 1 is 1.35 bits per heavy atom. The quantitative estimate of drug-likeness (QED) is 0.867. The van der Waals surface area contributed by atoms with Gasteiger partial charge in [0.25, 0.3) is 0 Å². The minimum Gasteiger partial charge on any atom is -0.322 e. The van der Waals surface area contributed by atoms with E-state index in [0.717, 1.165) is 23.5 Å². The van der Waals surface area contributed by atoms with Crippen LogP contribution in [0.25, 0.3) is 0 Å². The predicted molar refractivity (Wildman–Crippen MR) is 78.6 cm³/mol. The molecule has 3 atom stereocenters. The lowest BCUT2D eigenvalue weighted by molar-refractivity contribution is -0.117. The van der Waals surface area contributed by atoms with Crippen LogP contribution in [0.4, 0.5) is 5.69 Å². The highest BCUT2D eigenvalue weighted by Crippen LogP contribution is 2.33. The Balaban J connectivity index is 1.68. The first kappa shape index (κ1) is 13.6. The summed E-state index contributed by atoms with van der Waals surface area (Å²) in [4.78, 5) is 12.5. The molecule has 2 N–H and O–H groups in total. The van der Waals surface area contributed by atoms with Crippen LogP contribution in [-0.2, 0) is 11.8 Å². The zero-order valence-corrected chi connectivity index (χ0v) is 12.6. The number of hydrogen-bond donors (Lipinski definition) is 2. The molecule has 3 rings (SSSR count). The highest BCUT2D eigenvalue weighted by molar-refractivity contribution is 5.96. The van der Waals surface area contributed by atoms with Gasteiger partial charge in [0.15, 0.2) is 0 Å². The fourth-order valence-corrected chi connectivity index (χ4v) is 3.69. The van der Waals surface area contributed by atoms with Gasteiger partial charge in [-0.2, -0.15) is 5.10 Å². The standard InChI is InChI=1S/C15H24N4O/c1-9-14(10(2)19(3)18-9)17-15(20)13-8-11-6-4-5-7-12(11)16-13/h11-13,16H,4-8H2,1-3H3,(H,17,20). The van der Waals surface area contributed by atoms with Gasteiger partial charge in [-0.05, 0) is 39.0 Å². The molecule has 1 saturated heterocycles. The van der Waals surface area contributed by atoms with Crippen molar-refractivity contribution < 1.29 is 4.79 Å². The summed E-state index contributed by atoms with van der Waals surface area (Å²) in [7, 11) is 1.90. The number of fused-ring (bicyclic) bond motifs is 1. The van der Waals surface area contributed by atoms with E-state index in [0.29, 0.717) is 12.0 Å². The number of aryl methyl sites for hydroxylation is 2. The SMILES string of the molecule is Cc1nn(C)c(C)c1NC(=O)C1CC2CCCCC2N1. The van der Waals surface area contributed by atoms with E-state index in [2.05, 4.69) is 15.7 Å². The maximum Gasteiger partial charge on any atom is 0.241 e. The number of hydrogen-bond acceptors (Lipinski definition) is 3. The van der Waals surface area contributed by atoms with Crippen molar-refractivity contribution in [3.8, 4) is 0 Å². The molecular weight excluding hydrogens is 252 g/mol. The Morgan fingerprint density at radius 2 is 2.10 bits per heavy atom. The smallest absolute Gasteiger partial charge is 0.241 e. The second kappa shape index (κ2) is 5.20. The molecule has 0 radical (unpaired) electrons. The molecular formula is C15H24N4O. The van der Waals surface area contributed by atoms with Crippen molar-refractivity contribution in [2.75, 3.05) is 5.32 Å². The van der Waals surface area contributed by atoms with Crippen LogP contribution in [-0.4, -0.2) is 27.8 Å². The van der Waals surface area contributed by atoms with Gasteiger partial charge >= 0.3 is 0 Å². The lowest BCUT2D eigenvalue weighted by Gasteiger charge is -2.24. The van der Waals surface area contributed by atoms with Gasteiger partial charge in [-0.1, -0.05) is 12.8 Å². The molecule has 0 spiro atoms. The number of nitrogens with one attached hydrogen (secondary N) is 2. The number of aromatic nitrogens is 2. The van der Waals surface area contributed by atoms with Gasteiger partial charge in [-0.3, -0.25) is 9.48 Å². The highest BCUT2D eigenvalue weighted by atomic mass is 16.2. The van der Waals surface area contributed by atoms with Gasteiger partial charge in [0, 0.05) is 13.1 Å². The van der Waals surface area contributed by atoms with Gasteiger partial charge in [0.2, 0.25) is 5.91 Å². The molecule has 0 bridgehead atoms. The molecule has 2 fully saturated rings. The first-order valence-electron chi connectivity index (χ1n) is 7.63. The molecule has 1 saturated carbocycles. The zero-order valence-electron chi connectivity index (χ0n) is 12.6. The third kappa shape index (κ3) is 2.35. The molecule has 20 heavy (non-hydrogen) atoms. The summed E-state index contributed by atoms with van der Waals surface area (Å²) in [5.74, 6) is 0.786. The number of carbonyl (C=O) groups is 1. The fraction of sp³-hybridized carbons (Fsp3) is 0.733. The molecule has 1 aromatic heterocycles. The predicted octanol–water partition coefficient (Wildman–Crippen LogP) is 1.90. The molecule has 1 aliphatic heterocycles. The van der Waals surface area contributed by atoms with Crippen LogP contribution in [0.3, 0.4) is 0 Å². The van der Waals surface area contributed by atoms with Crippen molar-refractivity contribution in [3.05, 3.63) is 11.4 Å². The second-order valence-electron chi connectivity index (χ2n) is 6.26. The summed E-state index contributed by atoms with van der Waals surface area (Å²) >= 11 is 0. The summed E-state index contributed by atoms with van der Waals surface area (Å²) in [5, 5.41) is 10.9. The minimum absolute atomic E-state index is 0.0397. The molecule has 5 nitrogen and oxygen atoms in total. The Kier molecular flexibility index (Phi) is 3.54. The lowest BCUT2D eigenvalue weighted by atomic mass is 9.85. The van der Waals surface area contributed by atoms with Gasteiger partial charge < -0.3 is 10.6 Å². The van der Waals surface area contributed by atoms with Crippen molar-refractivity contribution >= 4 is 11.6 Å². The van der Waals surface area contributed by atoms with Crippen LogP contribution in [0.15, 0.2) is 0 Å². The van der Waals surface area contributed by atoms with E-state index in [-0.39, 0.29) is 11.9 Å². The number of rotatable bonds is 2. The van der Waals surface area contributed by atoms with Crippen LogP contribution < -0.4 is 10.6 Å². The molecule has 1 aliphatic carbocycles. The van der Waals surface area contributed by atoms with E-state index in [4.69, 9.17) is 0 Å². The molecule has 1 aromatic rings. The second-order valence-corrected chi connectivity index (χ2v) is 6.26. The van der Waals surface area contributed by atoms with Gasteiger partial charge in [0.05, 0.1) is 23.1 Å². The van der Waals surface area contributed by atoms with Gasteiger partial charge in [-0.15, -0.1) is 0 Å².